The van der Waals surface area contributed by atoms with E-state index >= 15 is 0 Å². The molecule has 0 saturated carbocycles. The average molecular weight is 309 g/mol. The summed E-state index contributed by atoms with van der Waals surface area (Å²) in [7, 11) is 1.59. The van der Waals surface area contributed by atoms with E-state index in [1.54, 1.807) is 37.4 Å². The molecule has 0 spiro atoms. The van der Waals surface area contributed by atoms with Crippen LogP contribution in [0.4, 0.5) is 0 Å². The van der Waals surface area contributed by atoms with E-state index in [2.05, 4.69) is 15.5 Å². The normalized spacial score (nSPS) is 11.0. The van der Waals surface area contributed by atoms with E-state index in [4.69, 9.17) is 4.74 Å². The van der Waals surface area contributed by atoms with Gasteiger partial charge in [0.25, 0.3) is 5.91 Å². The number of aromatic amines is 1. The lowest BCUT2D eigenvalue weighted by Gasteiger charge is -1.98. The van der Waals surface area contributed by atoms with Gasteiger partial charge in [-0.1, -0.05) is 12.1 Å². The zero-order chi connectivity index (χ0) is 16.2. The molecule has 0 aliphatic heterocycles. The van der Waals surface area contributed by atoms with Gasteiger partial charge in [-0.15, -0.1) is 0 Å². The molecule has 3 N–H and O–H groups in total. The number of hydrogen-bond donors (Lipinski definition) is 3. The molecule has 1 aromatic heterocycles. The Morgan fingerprint density at radius 2 is 2.09 bits per heavy atom. The Hall–Kier alpha value is -3.28. The van der Waals surface area contributed by atoms with Crippen molar-refractivity contribution >= 4 is 23.0 Å². The minimum absolute atomic E-state index is 0.100. The maximum Gasteiger partial charge on any atom is 0.287 e. The molecule has 6 heteroatoms. The fourth-order valence-electron chi connectivity index (χ4n) is 2.18. The summed E-state index contributed by atoms with van der Waals surface area (Å²) in [5, 5.41) is 14.3. The molecule has 0 aliphatic rings. The number of methoxy groups -OCH3 is 1. The molecular weight excluding hydrogens is 294 g/mol. The third-order valence-electron chi connectivity index (χ3n) is 3.38. The maximum atomic E-state index is 12.1. The number of phenols is 1. The van der Waals surface area contributed by atoms with Gasteiger partial charge in [0.2, 0.25) is 0 Å². The van der Waals surface area contributed by atoms with E-state index in [9.17, 15) is 9.90 Å². The molecule has 23 heavy (non-hydrogen) atoms. The molecule has 0 fully saturated rings. The fourth-order valence-corrected chi connectivity index (χ4v) is 2.18. The van der Waals surface area contributed by atoms with Crippen LogP contribution >= 0.6 is 0 Å². The molecule has 6 nitrogen and oxygen atoms in total. The smallest absolute Gasteiger partial charge is 0.287 e. The first-order chi connectivity index (χ1) is 11.2. The number of H-pyrrole nitrogens is 1. The summed E-state index contributed by atoms with van der Waals surface area (Å²) in [6.45, 7) is 0. The van der Waals surface area contributed by atoms with Crippen molar-refractivity contribution in [2.75, 3.05) is 7.11 Å². The highest BCUT2D eigenvalue weighted by Crippen LogP contribution is 2.21. The molecule has 3 rings (SSSR count). The van der Waals surface area contributed by atoms with Gasteiger partial charge in [-0.05, 0) is 36.4 Å². The van der Waals surface area contributed by atoms with Crippen LogP contribution in [0.25, 0.3) is 10.9 Å². The molecule has 0 bridgehead atoms. The molecule has 0 saturated heterocycles. The predicted octanol–water partition coefficient (Wildman–Crippen LogP) is 2.65. The zero-order valence-corrected chi connectivity index (χ0v) is 12.4. The maximum absolute atomic E-state index is 12.1. The lowest BCUT2D eigenvalue weighted by atomic mass is 10.2. The first-order valence-electron chi connectivity index (χ1n) is 6.95. The van der Waals surface area contributed by atoms with Crippen LogP contribution in [0, 0.1) is 0 Å². The third kappa shape index (κ3) is 3.16. The zero-order valence-electron chi connectivity index (χ0n) is 12.4. The second-order valence-corrected chi connectivity index (χ2v) is 4.89. The number of nitrogens with zero attached hydrogens (tertiary/aromatic N) is 1. The van der Waals surface area contributed by atoms with E-state index in [0.29, 0.717) is 11.3 Å². The molecule has 3 aromatic rings. The van der Waals surface area contributed by atoms with Crippen molar-refractivity contribution in [2.45, 2.75) is 0 Å². The topological polar surface area (TPSA) is 86.7 Å². The second-order valence-electron chi connectivity index (χ2n) is 4.89. The number of carbonyl (C=O) groups excluding carboxylic acids is 1. The quantitative estimate of drug-likeness (QED) is 0.511. The third-order valence-corrected chi connectivity index (χ3v) is 3.38. The number of fused-ring (bicyclic) bond motifs is 1. The minimum atomic E-state index is -0.369. The van der Waals surface area contributed by atoms with Crippen molar-refractivity contribution < 1.29 is 14.6 Å². The predicted molar refractivity (Wildman–Crippen MR) is 88.0 cm³/mol. The molecule has 0 atom stereocenters. The van der Waals surface area contributed by atoms with Gasteiger partial charge in [0.15, 0.2) is 0 Å². The van der Waals surface area contributed by atoms with Gasteiger partial charge >= 0.3 is 0 Å². The number of hydrogen-bond acceptors (Lipinski definition) is 4. The Labute approximate surface area is 132 Å². The summed E-state index contributed by atoms with van der Waals surface area (Å²) in [6, 6.07) is 14.0. The minimum Gasteiger partial charge on any atom is -0.507 e. The van der Waals surface area contributed by atoms with Crippen molar-refractivity contribution in [3.8, 4) is 11.5 Å². The Balaban J connectivity index is 1.74. The van der Waals surface area contributed by atoms with Crippen LogP contribution in [0.5, 0.6) is 11.5 Å². The molecular formula is C17H15N3O3. The largest absolute Gasteiger partial charge is 0.507 e. The lowest BCUT2D eigenvalue weighted by Crippen LogP contribution is -2.17. The first kappa shape index (κ1) is 14.6. The van der Waals surface area contributed by atoms with E-state index < -0.39 is 0 Å². The van der Waals surface area contributed by atoms with Gasteiger partial charge in [0, 0.05) is 16.5 Å². The number of ether oxygens (including phenoxy) is 1. The van der Waals surface area contributed by atoms with Gasteiger partial charge in [0.05, 0.1) is 13.3 Å². The van der Waals surface area contributed by atoms with Crippen LogP contribution in [0.1, 0.15) is 16.1 Å². The van der Waals surface area contributed by atoms with Crippen LogP contribution in [0.3, 0.4) is 0 Å². The SMILES string of the molecule is COc1ccc2[nH]c(C(=O)NN=Cc3ccccc3O)cc2c1. The molecule has 0 unspecified atom stereocenters. The number of nitrogens with one attached hydrogen (secondary N) is 2. The van der Waals surface area contributed by atoms with Crippen molar-refractivity contribution in [1.82, 2.24) is 10.4 Å². The van der Waals surface area contributed by atoms with Crippen molar-refractivity contribution in [1.29, 1.82) is 0 Å². The molecule has 0 aliphatic carbocycles. The highest BCUT2D eigenvalue weighted by atomic mass is 16.5. The molecule has 116 valence electrons. The van der Waals surface area contributed by atoms with Gasteiger partial charge in [-0.25, -0.2) is 5.43 Å². The summed E-state index contributed by atoms with van der Waals surface area (Å²) >= 11 is 0. The lowest BCUT2D eigenvalue weighted by molar-refractivity contribution is 0.0951. The number of aromatic hydroxyl groups is 1. The molecule has 1 heterocycles. The monoisotopic (exact) mass is 309 g/mol. The van der Waals surface area contributed by atoms with E-state index in [1.807, 2.05) is 18.2 Å². The second kappa shape index (κ2) is 6.23. The van der Waals surface area contributed by atoms with Crippen LogP contribution in [-0.2, 0) is 0 Å². The van der Waals surface area contributed by atoms with Crippen molar-refractivity contribution in [3.05, 3.63) is 59.8 Å². The Bertz CT molecular complexity index is 884. The number of rotatable bonds is 4. The van der Waals surface area contributed by atoms with Gasteiger partial charge in [0.1, 0.15) is 17.2 Å². The summed E-state index contributed by atoms with van der Waals surface area (Å²) in [6.07, 6.45) is 1.39. The number of para-hydroxylation sites is 1. The van der Waals surface area contributed by atoms with Crippen molar-refractivity contribution in [2.24, 2.45) is 5.10 Å². The first-order valence-corrected chi connectivity index (χ1v) is 6.95. The number of carbonyl (C=O) groups is 1. The molecule has 2 aromatic carbocycles. The van der Waals surface area contributed by atoms with E-state index in [-0.39, 0.29) is 11.7 Å². The molecule has 0 radical (unpaired) electrons. The summed E-state index contributed by atoms with van der Waals surface area (Å²) in [5.74, 6) is 0.455. The highest BCUT2D eigenvalue weighted by Gasteiger charge is 2.09. The van der Waals surface area contributed by atoms with Crippen LogP contribution < -0.4 is 10.2 Å². The summed E-state index contributed by atoms with van der Waals surface area (Å²) < 4.78 is 5.16. The Morgan fingerprint density at radius 3 is 2.87 bits per heavy atom. The van der Waals surface area contributed by atoms with Crippen LogP contribution in [-0.4, -0.2) is 29.3 Å². The van der Waals surface area contributed by atoms with Crippen LogP contribution in [0.2, 0.25) is 0 Å². The van der Waals surface area contributed by atoms with Crippen molar-refractivity contribution in [3.63, 3.8) is 0 Å². The van der Waals surface area contributed by atoms with Gasteiger partial charge in [-0.3, -0.25) is 4.79 Å². The number of amides is 1. The molecule has 1 amide bonds. The number of phenolic OH excluding ortho intramolecular Hbond substituents is 1. The number of aromatic nitrogens is 1. The van der Waals surface area contributed by atoms with Crippen LogP contribution in [0.15, 0.2) is 53.6 Å². The summed E-state index contributed by atoms with van der Waals surface area (Å²) in [4.78, 5) is 15.1. The summed E-state index contributed by atoms with van der Waals surface area (Å²) in [5.41, 5.74) is 4.17. The average Bonchev–Trinajstić information content (AvgIpc) is 2.99. The number of hydrazone groups is 1. The standard InChI is InChI=1S/C17H15N3O3/c1-23-13-6-7-14-12(8-13)9-15(19-14)17(22)20-18-10-11-4-2-3-5-16(11)21/h2-10,19,21H,1H3,(H,20,22). The van der Waals surface area contributed by atoms with Gasteiger partial charge in [-0.2, -0.15) is 5.10 Å². The highest BCUT2D eigenvalue weighted by molar-refractivity contribution is 5.98. The van der Waals surface area contributed by atoms with E-state index in [1.165, 1.54) is 6.21 Å². The van der Waals surface area contributed by atoms with Gasteiger partial charge < -0.3 is 14.8 Å². The number of benzene rings is 2. The van der Waals surface area contributed by atoms with E-state index in [0.717, 1.165) is 16.7 Å². The fraction of sp³-hybridized carbons (Fsp3) is 0.0588. The Kier molecular flexibility index (Phi) is 3.97. The Morgan fingerprint density at radius 1 is 1.26 bits per heavy atom.